The van der Waals surface area contributed by atoms with Crippen LogP contribution in [0.5, 0.6) is 0 Å². The maximum atomic E-state index is 9.96. The number of aliphatic hydroxyl groups is 1. The van der Waals surface area contributed by atoms with Gasteiger partial charge >= 0.3 is 0 Å². The van der Waals surface area contributed by atoms with E-state index in [1.807, 2.05) is 0 Å². The molecule has 0 saturated heterocycles. The van der Waals surface area contributed by atoms with E-state index >= 15 is 0 Å². The van der Waals surface area contributed by atoms with Crippen molar-refractivity contribution in [2.24, 2.45) is 0 Å². The molecule has 0 amide bonds. The fourth-order valence-corrected chi connectivity index (χ4v) is 0.462. The van der Waals surface area contributed by atoms with E-state index in [2.05, 4.69) is 5.73 Å². The van der Waals surface area contributed by atoms with Gasteiger partial charge in [-0.1, -0.05) is 0 Å². The van der Waals surface area contributed by atoms with Crippen molar-refractivity contribution in [1.82, 2.24) is 0 Å². The second kappa shape index (κ2) is 3.89. The van der Waals surface area contributed by atoms with Crippen LogP contribution < -0.4 is 15.9 Å². The van der Waals surface area contributed by atoms with Crippen LogP contribution in [0, 0.1) is 0 Å². The molecule has 11 heavy (non-hydrogen) atoms. The van der Waals surface area contributed by atoms with Crippen molar-refractivity contribution in [2.45, 2.75) is 18.6 Å². The van der Waals surface area contributed by atoms with Gasteiger partial charge in [0.15, 0.2) is 0 Å². The van der Waals surface area contributed by atoms with Gasteiger partial charge in [-0.05, 0) is 0 Å². The molecular formula is C5H8NO5-. The Labute approximate surface area is 62.2 Å². The normalized spacial score (nSPS) is 15.5. The van der Waals surface area contributed by atoms with Crippen molar-refractivity contribution in [1.29, 1.82) is 0 Å². The molecular weight excluding hydrogens is 154 g/mol. The third-order valence-electron chi connectivity index (χ3n) is 1.11. The molecule has 0 aromatic carbocycles. The lowest BCUT2D eigenvalue weighted by atomic mass is 10.1. The van der Waals surface area contributed by atoms with Gasteiger partial charge in [-0.25, -0.2) is 0 Å². The fraction of sp³-hybridized carbons (Fsp3) is 0.600. The Morgan fingerprint density at radius 2 is 1.82 bits per heavy atom. The summed E-state index contributed by atoms with van der Waals surface area (Å²) < 4.78 is 0. The Morgan fingerprint density at radius 3 is 2.09 bits per heavy atom. The molecule has 0 spiro atoms. The first-order valence-electron chi connectivity index (χ1n) is 2.88. The second-order valence-electron chi connectivity index (χ2n) is 2.09. The molecule has 2 atom stereocenters. The van der Waals surface area contributed by atoms with Crippen LogP contribution in [-0.4, -0.2) is 29.2 Å². The molecule has 0 heterocycles. The summed E-state index contributed by atoms with van der Waals surface area (Å²) in [5.41, 5.74) is 3.05. The summed E-state index contributed by atoms with van der Waals surface area (Å²) in [6.45, 7) is 0. The molecule has 0 radical (unpaired) electrons. The van der Waals surface area contributed by atoms with Crippen LogP contribution in [0.1, 0.15) is 6.42 Å². The highest BCUT2D eigenvalue weighted by Gasteiger charge is 2.14. The van der Waals surface area contributed by atoms with Crippen LogP contribution in [0.25, 0.3) is 0 Å². The van der Waals surface area contributed by atoms with Gasteiger partial charge in [-0.3, -0.25) is 0 Å². The summed E-state index contributed by atoms with van der Waals surface area (Å²) in [6.07, 6.45) is -2.29. The molecule has 0 rings (SSSR count). The van der Waals surface area contributed by atoms with Crippen LogP contribution in [0.2, 0.25) is 0 Å². The highest BCUT2D eigenvalue weighted by Crippen LogP contribution is 1.91. The summed E-state index contributed by atoms with van der Waals surface area (Å²) in [5, 5.41) is 28.4. The molecule has 0 aliphatic carbocycles. The molecule has 0 fully saturated rings. The highest BCUT2D eigenvalue weighted by atomic mass is 16.4. The van der Waals surface area contributed by atoms with E-state index in [-0.39, 0.29) is 0 Å². The molecule has 0 unspecified atom stereocenters. The van der Waals surface area contributed by atoms with E-state index in [0.29, 0.717) is 0 Å². The van der Waals surface area contributed by atoms with Crippen LogP contribution in [-0.2, 0) is 9.59 Å². The van der Waals surface area contributed by atoms with Crippen LogP contribution in [0.15, 0.2) is 0 Å². The first-order chi connectivity index (χ1) is 4.95. The van der Waals surface area contributed by atoms with Gasteiger partial charge in [0.05, 0.1) is 18.0 Å². The van der Waals surface area contributed by atoms with Crippen molar-refractivity contribution >= 4 is 11.9 Å². The minimum atomic E-state index is -1.80. The van der Waals surface area contributed by atoms with E-state index in [1.54, 1.807) is 0 Å². The summed E-state index contributed by atoms with van der Waals surface area (Å²) in [4.78, 5) is 19.8. The van der Waals surface area contributed by atoms with Gasteiger partial charge in [0.1, 0.15) is 6.04 Å². The largest absolute Gasteiger partial charge is 0.547 e. The Bertz CT molecular complexity index is 150. The second-order valence-corrected chi connectivity index (χ2v) is 2.09. The molecule has 0 aromatic heterocycles. The zero-order valence-electron chi connectivity index (χ0n) is 5.65. The number of aliphatic hydroxyl groups excluding tert-OH is 1. The van der Waals surface area contributed by atoms with Gasteiger partial charge in [-0.15, -0.1) is 0 Å². The zero-order chi connectivity index (χ0) is 9.02. The molecule has 6 nitrogen and oxygen atoms in total. The first-order valence-corrected chi connectivity index (χ1v) is 2.88. The predicted octanol–water partition coefficient (Wildman–Crippen LogP) is -5.15. The number of carbonyl (C=O) groups is 2. The molecule has 6 heteroatoms. The number of carboxylic acid groups (broad SMARTS) is 2. The van der Waals surface area contributed by atoms with Crippen LogP contribution in [0.3, 0.4) is 0 Å². The van der Waals surface area contributed by atoms with Gasteiger partial charge < -0.3 is 30.6 Å². The molecule has 0 aromatic rings. The number of quaternary nitrogens is 1. The molecule has 0 aliphatic heterocycles. The van der Waals surface area contributed by atoms with Gasteiger partial charge in [0, 0.05) is 6.42 Å². The summed E-state index contributed by atoms with van der Waals surface area (Å²) in [6, 6.07) is -1.23. The van der Waals surface area contributed by atoms with Crippen molar-refractivity contribution in [3.05, 3.63) is 0 Å². The number of aliphatic carboxylic acids is 2. The fourth-order valence-electron chi connectivity index (χ4n) is 0.462. The summed E-state index contributed by atoms with van der Waals surface area (Å²) >= 11 is 0. The lowest BCUT2D eigenvalue weighted by Crippen LogP contribution is -2.69. The van der Waals surface area contributed by atoms with Crippen LogP contribution in [0.4, 0.5) is 0 Å². The van der Waals surface area contributed by atoms with Gasteiger partial charge in [-0.2, -0.15) is 0 Å². The van der Waals surface area contributed by atoms with Gasteiger partial charge in [0.2, 0.25) is 0 Å². The number of carboxylic acids is 2. The van der Waals surface area contributed by atoms with E-state index in [9.17, 15) is 19.8 Å². The van der Waals surface area contributed by atoms with Crippen molar-refractivity contribution in [3.8, 4) is 0 Å². The summed E-state index contributed by atoms with van der Waals surface area (Å²) in [5.74, 6) is -3.20. The zero-order valence-corrected chi connectivity index (χ0v) is 5.65. The van der Waals surface area contributed by atoms with Gasteiger partial charge in [0.25, 0.3) is 0 Å². The Morgan fingerprint density at radius 1 is 1.36 bits per heavy atom. The van der Waals surface area contributed by atoms with Crippen LogP contribution >= 0.6 is 0 Å². The van der Waals surface area contributed by atoms with E-state index in [1.165, 1.54) is 0 Å². The Hall–Kier alpha value is -1.14. The molecule has 0 saturated carbocycles. The van der Waals surface area contributed by atoms with Crippen molar-refractivity contribution < 1.29 is 30.6 Å². The number of hydrogen-bond acceptors (Lipinski definition) is 5. The standard InChI is InChI=1S/C5H9NO5/c6-2(4(8)9)1-3(7)5(10)11/h2-3,7H,1,6H2,(H,8,9)(H,10,11)/p-1/t2-,3-/m1/s1. The lowest BCUT2D eigenvalue weighted by Gasteiger charge is -2.14. The van der Waals surface area contributed by atoms with E-state index in [0.717, 1.165) is 0 Å². The monoisotopic (exact) mass is 162 g/mol. The minimum Gasteiger partial charge on any atom is -0.547 e. The molecule has 0 aliphatic rings. The SMILES string of the molecule is [NH3+][C@H](C[C@@H](O)C(=O)[O-])C(=O)[O-]. The molecule has 64 valence electrons. The lowest BCUT2D eigenvalue weighted by molar-refractivity contribution is -0.441. The third-order valence-corrected chi connectivity index (χ3v) is 1.11. The molecule has 0 bridgehead atoms. The third kappa shape index (κ3) is 3.54. The van der Waals surface area contributed by atoms with Crippen molar-refractivity contribution in [3.63, 3.8) is 0 Å². The predicted molar refractivity (Wildman–Crippen MR) is 27.3 cm³/mol. The maximum Gasteiger partial charge on any atom is 0.127 e. The van der Waals surface area contributed by atoms with E-state index in [4.69, 9.17) is 5.11 Å². The number of rotatable bonds is 4. The molecule has 4 N–H and O–H groups in total. The van der Waals surface area contributed by atoms with Crippen molar-refractivity contribution in [2.75, 3.05) is 0 Å². The number of carbonyl (C=O) groups excluding carboxylic acids is 2. The Kier molecular flexibility index (Phi) is 3.49. The first kappa shape index (κ1) is 9.86. The van der Waals surface area contributed by atoms with E-state index < -0.39 is 30.5 Å². The quantitative estimate of drug-likeness (QED) is 0.427. The summed E-state index contributed by atoms with van der Waals surface area (Å²) in [7, 11) is 0. The maximum absolute atomic E-state index is 9.96. The average Bonchev–Trinajstić information content (AvgIpc) is 1.87. The average molecular weight is 162 g/mol. The Balaban J connectivity index is 3.84. The topological polar surface area (TPSA) is 128 Å². The minimum absolute atomic E-state index is 0.495. The highest BCUT2D eigenvalue weighted by molar-refractivity contribution is 5.73. The smallest absolute Gasteiger partial charge is 0.127 e. The number of hydrogen-bond donors (Lipinski definition) is 2.